The van der Waals surface area contributed by atoms with E-state index >= 15 is 0 Å². The summed E-state index contributed by atoms with van der Waals surface area (Å²) in [5, 5.41) is 19.6. The zero-order valence-electron chi connectivity index (χ0n) is 15.0. The van der Waals surface area contributed by atoms with Gasteiger partial charge in [-0.1, -0.05) is 47.6 Å². The molecule has 0 heterocycles. The Morgan fingerprint density at radius 2 is 1.43 bits per heavy atom. The van der Waals surface area contributed by atoms with Crippen LogP contribution in [0.3, 0.4) is 0 Å². The fraction of sp³-hybridized carbons (Fsp3) is 0.882. The van der Waals surface area contributed by atoms with Crippen LogP contribution in [0.2, 0.25) is 16.6 Å². The van der Waals surface area contributed by atoms with Gasteiger partial charge in [0, 0.05) is 5.92 Å². The van der Waals surface area contributed by atoms with Crippen LogP contribution in [0.15, 0.2) is 12.7 Å². The molecule has 3 atom stereocenters. The second-order valence-corrected chi connectivity index (χ2v) is 12.5. The van der Waals surface area contributed by atoms with Crippen LogP contribution in [0.25, 0.3) is 0 Å². The minimum absolute atomic E-state index is 0.0606. The summed E-state index contributed by atoms with van der Waals surface area (Å²) in [6.45, 7) is 18.9. The summed E-state index contributed by atoms with van der Waals surface area (Å²) >= 11 is 0. The average Bonchev–Trinajstić information content (AvgIpc) is 2.34. The lowest BCUT2D eigenvalue weighted by Crippen LogP contribution is -2.52. The molecule has 0 radical (unpaired) electrons. The van der Waals surface area contributed by atoms with Crippen LogP contribution in [0, 0.1) is 5.92 Å². The molecule has 126 valence electrons. The third-order valence-electron chi connectivity index (χ3n) is 4.77. The lowest BCUT2D eigenvalue weighted by Gasteiger charge is -2.46. The number of rotatable bonds is 10. The van der Waals surface area contributed by atoms with Crippen LogP contribution in [0.1, 0.15) is 54.9 Å². The molecule has 0 bridgehead atoms. The molecule has 0 fully saturated rings. The normalized spacial score (nSPS) is 17.3. The summed E-state index contributed by atoms with van der Waals surface area (Å²) in [6.07, 6.45) is 1.75. The molecule has 0 amide bonds. The van der Waals surface area contributed by atoms with Crippen molar-refractivity contribution in [2.45, 2.75) is 83.7 Å². The third-order valence-corrected chi connectivity index (χ3v) is 10.9. The highest BCUT2D eigenvalue weighted by Crippen LogP contribution is 2.44. The predicted molar refractivity (Wildman–Crippen MR) is 93.0 cm³/mol. The molecule has 0 aromatic rings. The smallest absolute Gasteiger partial charge is 0.200 e. The monoisotopic (exact) mass is 316 g/mol. The Morgan fingerprint density at radius 1 is 1.00 bits per heavy atom. The van der Waals surface area contributed by atoms with E-state index in [9.17, 15) is 10.2 Å². The lowest BCUT2D eigenvalue weighted by molar-refractivity contribution is -0.00241. The van der Waals surface area contributed by atoms with Crippen LogP contribution in [-0.4, -0.2) is 37.3 Å². The van der Waals surface area contributed by atoms with Crippen LogP contribution in [-0.2, 0) is 4.43 Å². The Bertz CT molecular complexity index is 279. The first-order valence-electron chi connectivity index (χ1n) is 8.22. The minimum Gasteiger partial charge on any atom is -0.412 e. The van der Waals surface area contributed by atoms with E-state index in [1.54, 1.807) is 6.92 Å². The second kappa shape index (κ2) is 9.08. The molecule has 0 saturated carbocycles. The first-order chi connectivity index (χ1) is 9.64. The Hall–Kier alpha value is -0.163. The van der Waals surface area contributed by atoms with E-state index < -0.39 is 14.4 Å². The zero-order valence-corrected chi connectivity index (χ0v) is 16.0. The number of hydrogen-bond donors (Lipinski definition) is 2. The van der Waals surface area contributed by atoms with Crippen LogP contribution in [0.4, 0.5) is 0 Å². The van der Waals surface area contributed by atoms with Gasteiger partial charge in [0.1, 0.15) is 0 Å². The molecule has 21 heavy (non-hydrogen) atoms. The van der Waals surface area contributed by atoms with E-state index in [0.717, 1.165) is 0 Å². The van der Waals surface area contributed by atoms with Crippen molar-refractivity contribution < 1.29 is 14.6 Å². The molecule has 3 nitrogen and oxygen atoms in total. The van der Waals surface area contributed by atoms with Crippen molar-refractivity contribution in [1.82, 2.24) is 0 Å². The van der Waals surface area contributed by atoms with Crippen molar-refractivity contribution >= 4 is 8.32 Å². The highest BCUT2D eigenvalue weighted by atomic mass is 28.4. The van der Waals surface area contributed by atoms with E-state index in [2.05, 4.69) is 48.1 Å². The van der Waals surface area contributed by atoms with Crippen molar-refractivity contribution in [2.75, 3.05) is 6.61 Å². The molecule has 0 aliphatic carbocycles. The van der Waals surface area contributed by atoms with Gasteiger partial charge in [0.15, 0.2) is 0 Å². The molecule has 0 aliphatic heterocycles. The maximum Gasteiger partial charge on any atom is 0.200 e. The van der Waals surface area contributed by atoms with Gasteiger partial charge in [-0.25, -0.2) is 0 Å². The summed E-state index contributed by atoms with van der Waals surface area (Å²) in [4.78, 5) is 0. The van der Waals surface area contributed by atoms with Gasteiger partial charge in [0.25, 0.3) is 0 Å². The molecule has 0 unspecified atom stereocenters. The lowest BCUT2D eigenvalue weighted by atomic mass is 9.96. The standard InChI is InChI=1S/C17H36O3Si/c1-9-10-17(16(11-18)15(8)19)20-21(12(2)3,13(4)5)14(6)7/h9,12-19H,1,10-11H2,2-8H3/t15-,16-,17+/m0/s1. The van der Waals surface area contributed by atoms with Crippen molar-refractivity contribution in [3.63, 3.8) is 0 Å². The van der Waals surface area contributed by atoms with Crippen molar-refractivity contribution in [2.24, 2.45) is 5.92 Å². The van der Waals surface area contributed by atoms with Gasteiger partial charge in [-0.2, -0.15) is 0 Å². The summed E-state index contributed by atoms with van der Waals surface area (Å²) in [6, 6.07) is 0. The summed E-state index contributed by atoms with van der Waals surface area (Å²) < 4.78 is 6.72. The highest BCUT2D eigenvalue weighted by Gasteiger charge is 2.47. The van der Waals surface area contributed by atoms with Gasteiger partial charge < -0.3 is 14.6 Å². The van der Waals surface area contributed by atoms with Crippen molar-refractivity contribution in [3.05, 3.63) is 12.7 Å². The van der Waals surface area contributed by atoms with Crippen molar-refractivity contribution in [1.29, 1.82) is 0 Å². The molecule has 0 aromatic carbocycles. The van der Waals surface area contributed by atoms with Crippen LogP contribution < -0.4 is 0 Å². The summed E-state index contributed by atoms with van der Waals surface area (Å²) in [7, 11) is -2.02. The Balaban J connectivity index is 5.55. The van der Waals surface area contributed by atoms with Crippen LogP contribution >= 0.6 is 0 Å². The van der Waals surface area contributed by atoms with E-state index in [1.165, 1.54) is 0 Å². The van der Waals surface area contributed by atoms with Crippen molar-refractivity contribution in [3.8, 4) is 0 Å². The number of hydrogen-bond acceptors (Lipinski definition) is 3. The first kappa shape index (κ1) is 20.8. The topological polar surface area (TPSA) is 49.7 Å². The molecule has 0 aliphatic rings. The molecule has 0 aromatic heterocycles. The maximum absolute atomic E-state index is 9.96. The minimum atomic E-state index is -2.02. The third kappa shape index (κ3) is 4.91. The Kier molecular flexibility index (Phi) is 9.01. The maximum atomic E-state index is 9.96. The van der Waals surface area contributed by atoms with E-state index in [-0.39, 0.29) is 18.6 Å². The van der Waals surface area contributed by atoms with Gasteiger partial charge in [-0.05, 0) is 30.0 Å². The molecule has 0 spiro atoms. The Morgan fingerprint density at radius 3 is 1.67 bits per heavy atom. The second-order valence-electron chi connectivity index (χ2n) is 7.09. The van der Waals surface area contributed by atoms with Gasteiger partial charge in [0.05, 0.1) is 18.8 Å². The molecule has 2 N–H and O–H groups in total. The van der Waals surface area contributed by atoms with E-state index in [4.69, 9.17) is 4.43 Å². The molecular formula is C17H36O3Si. The van der Waals surface area contributed by atoms with E-state index in [0.29, 0.717) is 23.0 Å². The summed E-state index contributed by atoms with van der Waals surface area (Å²) in [5.41, 5.74) is 1.45. The van der Waals surface area contributed by atoms with Crippen LogP contribution in [0.5, 0.6) is 0 Å². The summed E-state index contributed by atoms with van der Waals surface area (Å²) in [5.74, 6) is -0.258. The number of aliphatic hydroxyl groups excluding tert-OH is 2. The fourth-order valence-electron chi connectivity index (χ4n) is 3.73. The SMILES string of the molecule is C=CC[C@@H](O[Si](C(C)C)(C(C)C)C(C)C)[C@@H](CO)[C@H](C)O. The highest BCUT2D eigenvalue weighted by molar-refractivity contribution is 6.77. The molecular weight excluding hydrogens is 280 g/mol. The zero-order chi connectivity index (χ0) is 16.8. The quantitative estimate of drug-likeness (QED) is 0.471. The number of aliphatic hydroxyl groups is 2. The largest absolute Gasteiger partial charge is 0.412 e. The fourth-order valence-corrected chi connectivity index (χ4v) is 9.34. The molecule has 4 heteroatoms. The molecule has 0 rings (SSSR count). The van der Waals surface area contributed by atoms with Gasteiger partial charge >= 0.3 is 0 Å². The van der Waals surface area contributed by atoms with E-state index in [1.807, 2.05) is 6.08 Å². The predicted octanol–water partition coefficient (Wildman–Crippen LogP) is 4.11. The van der Waals surface area contributed by atoms with Gasteiger partial charge in [-0.3, -0.25) is 0 Å². The van der Waals surface area contributed by atoms with Gasteiger partial charge in [0.2, 0.25) is 8.32 Å². The average molecular weight is 317 g/mol. The first-order valence-corrected chi connectivity index (χ1v) is 10.4. The van der Waals surface area contributed by atoms with Gasteiger partial charge in [-0.15, -0.1) is 6.58 Å². The molecule has 0 saturated heterocycles. The Labute approximate surface area is 132 Å².